The molecular weight excluding hydrogens is 318 g/mol. The number of carbonyl (C=O) groups is 2. The molecule has 6 nitrogen and oxygen atoms in total. The molecule has 1 aliphatic rings. The fourth-order valence-corrected chi connectivity index (χ4v) is 3.27. The molecule has 2 aromatic rings. The van der Waals surface area contributed by atoms with Crippen LogP contribution in [0.25, 0.3) is 0 Å². The topological polar surface area (TPSA) is 65.8 Å². The van der Waals surface area contributed by atoms with Gasteiger partial charge in [-0.15, -0.1) is 0 Å². The minimum atomic E-state index is -0.704. The fraction of sp³-hybridized carbons (Fsp3) is 0.368. The highest BCUT2D eigenvalue weighted by molar-refractivity contribution is 5.93. The Morgan fingerprint density at radius 1 is 1.08 bits per heavy atom. The van der Waals surface area contributed by atoms with Crippen LogP contribution in [0.4, 0.5) is 5.69 Å². The summed E-state index contributed by atoms with van der Waals surface area (Å²) >= 11 is 0. The van der Waals surface area contributed by atoms with Gasteiger partial charge in [0.05, 0.1) is 6.26 Å². The van der Waals surface area contributed by atoms with E-state index in [-0.39, 0.29) is 11.8 Å². The lowest BCUT2D eigenvalue weighted by molar-refractivity contribution is -0.135. The number of amides is 2. The third-order valence-corrected chi connectivity index (χ3v) is 4.61. The van der Waals surface area contributed by atoms with Crippen molar-refractivity contribution < 1.29 is 14.0 Å². The van der Waals surface area contributed by atoms with Crippen molar-refractivity contribution in [1.29, 1.82) is 0 Å². The number of likely N-dealkylation sites (tertiary alicyclic amines) is 1. The molecule has 0 saturated carbocycles. The smallest absolute Gasteiger partial charge is 0.289 e. The summed E-state index contributed by atoms with van der Waals surface area (Å²) in [6.07, 6.45) is 2.59. The number of furan rings is 1. The van der Waals surface area contributed by atoms with E-state index in [4.69, 9.17) is 4.42 Å². The van der Waals surface area contributed by atoms with Crippen LogP contribution in [0.2, 0.25) is 0 Å². The van der Waals surface area contributed by atoms with Gasteiger partial charge in [-0.3, -0.25) is 9.59 Å². The second-order valence-corrected chi connectivity index (χ2v) is 6.54. The first-order valence-electron chi connectivity index (χ1n) is 8.40. The van der Waals surface area contributed by atoms with E-state index in [0.29, 0.717) is 31.7 Å². The Balaban J connectivity index is 1.76. The summed E-state index contributed by atoms with van der Waals surface area (Å²) in [6.45, 7) is 0.998. The van der Waals surface area contributed by atoms with Gasteiger partial charge in [-0.2, -0.15) is 0 Å². The molecule has 2 amide bonds. The van der Waals surface area contributed by atoms with Crippen molar-refractivity contribution in [2.75, 3.05) is 32.5 Å². The first-order chi connectivity index (χ1) is 12.0. The third kappa shape index (κ3) is 3.52. The van der Waals surface area contributed by atoms with Gasteiger partial charge in [0.25, 0.3) is 5.91 Å². The van der Waals surface area contributed by atoms with Gasteiger partial charge in [-0.25, -0.2) is 0 Å². The number of hydrogen-bond donors (Lipinski definition) is 1. The highest BCUT2D eigenvalue weighted by Crippen LogP contribution is 2.29. The van der Waals surface area contributed by atoms with Gasteiger partial charge >= 0.3 is 0 Å². The quantitative estimate of drug-likeness (QED) is 0.928. The second-order valence-electron chi connectivity index (χ2n) is 6.54. The normalized spacial score (nSPS) is 16.3. The van der Waals surface area contributed by atoms with Gasteiger partial charge in [0.1, 0.15) is 5.54 Å². The average molecular weight is 341 g/mol. The van der Waals surface area contributed by atoms with Crippen molar-refractivity contribution in [3.05, 3.63) is 54.5 Å². The van der Waals surface area contributed by atoms with E-state index in [1.807, 2.05) is 30.3 Å². The molecule has 1 aromatic carbocycles. The lowest BCUT2D eigenvalue weighted by Crippen LogP contribution is -2.58. The van der Waals surface area contributed by atoms with Crippen molar-refractivity contribution in [2.45, 2.75) is 18.4 Å². The predicted molar refractivity (Wildman–Crippen MR) is 95.3 cm³/mol. The van der Waals surface area contributed by atoms with E-state index in [1.165, 1.54) is 6.26 Å². The molecule has 0 aliphatic carbocycles. The molecule has 0 atom stereocenters. The van der Waals surface area contributed by atoms with Crippen molar-refractivity contribution >= 4 is 17.5 Å². The van der Waals surface area contributed by atoms with Gasteiger partial charge in [-0.05, 0) is 37.1 Å². The van der Waals surface area contributed by atoms with E-state index >= 15 is 0 Å². The number of nitrogens with zero attached hydrogens (tertiary/aromatic N) is 2. The number of para-hydroxylation sites is 1. The maximum Gasteiger partial charge on any atom is 0.289 e. The van der Waals surface area contributed by atoms with Crippen LogP contribution in [-0.2, 0) is 4.79 Å². The average Bonchev–Trinajstić information content (AvgIpc) is 3.16. The zero-order chi connectivity index (χ0) is 17.9. The number of piperidine rings is 1. The number of benzene rings is 1. The van der Waals surface area contributed by atoms with E-state index in [1.54, 1.807) is 36.0 Å². The molecule has 1 N–H and O–H groups in total. The Labute approximate surface area is 147 Å². The lowest BCUT2D eigenvalue weighted by Gasteiger charge is -2.42. The second kappa shape index (κ2) is 7.01. The fourth-order valence-electron chi connectivity index (χ4n) is 3.27. The third-order valence-electron chi connectivity index (χ3n) is 4.61. The molecule has 1 fully saturated rings. The first kappa shape index (κ1) is 17.1. The van der Waals surface area contributed by atoms with Crippen molar-refractivity contribution in [3.8, 4) is 0 Å². The van der Waals surface area contributed by atoms with Crippen LogP contribution in [-0.4, -0.2) is 54.3 Å². The summed E-state index contributed by atoms with van der Waals surface area (Å²) in [7, 11) is 3.52. The minimum absolute atomic E-state index is 0.0291. The number of nitrogens with one attached hydrogen (secondary N) is 1. The molecule has 0 bridgehead atoms. The zero-order valence-corrected chi connectivity index (χ0v) is 14.6. The summed E-state index contributed by atoms with van der Waals surface area (Å²) in [5, 5.41) is 3.42. The zero-order valence-electron chi connectivity index (χ0n) is 14.6. The molecule has 3 rings (SSSR count). The maximum atomic E-state index is 12.9. The van der Waals surface area contributed by atoms with Crippen LogP contribution in [0.5, 0.6) is 0 Å². The van der Waals surface area contributed by atoms with Crippen LogP contribution >= 0.6 is 0 Å². The number of rotatable bonds is 4. The summed E-state index contributed by atoms with van der Waals surface area (Å²) in [5.74, 6) is 0.236. The van der Waals surface area contributed by atoms with Crippen LogP contribution in [0.1, 0.15) is 23.4 Å². The van der Waals surface area contributed by atoms with Gasteiger partial charge in [0, 0.05) is 32.9 Å². The highest BCUT2D eigenvalue weighted by atomic mass is 16.3. The minimum Gasteiger partial charge on any atom is -0.459 e. The molecule has 0 spiro atoms. The molecule has 2 heterocycles. The molecule has 1 saturated heterocycles. The van der Waals surface area contributed by atoms with Gasteiger partial charge in [0.15, 0.2) is 5.76 Å². The first-order valence-corrected chi connectivity index (χ1v) is 8.40. The number of anilines is 1. The molecule has 132 valence electrons. The molecule has 0 unspecified atom stereocenters. The molecule has 25 heavy (non-hydrogen) atoms. The van der Waals surface area contributed by atoms with E-state index in [9.17, 15) is 9.59 Å². The van der Waals surface area contributed by atoms with Crippen molar-refractivity contribution in [1.82, 2.24) is 9.80 Å². The Kier molecular flexibility index (Phi) is 4.79. The van der Waals surface area contributed by atoms with Crippen LogP contribution in [0.15, 0.2) is 53.1 Å². The van der Waals surface area contributed by atoms with E-state index in [0.717, 1.165) is 5.69 Å². The summed E-state index contributed by atoms with van der Waals surface area (Å²) in [6, 6.07) is 13.1. The van der Waals surface area contributed by atoms with E-state index in [2.05, 4.69) is 5.32 Å². The van der Waals surface area contributed by atoms with Crippen molar-refractivity contribution in [3.63, 3.8) is 0 Å². The molecule has 6 heteroatoms. The standard InChI is InChI=1S/C19H23N3O3/c1-21(2)18(24)19(20-15-7-4-3-5-8-15)10-12-22(13-11-19)17(23)16-9-6-14-25-16/h3-9,14,20H,10-13H2,1-2H3. The lowest BCUT2D eigenvalue weighted by atomic mass is 9.85. The molecule has 1 aliphatic heterocycles. The van der Waals surface area contributed by atoms with Gasteiger partial charge in [0.2, 0.25) is 5.91 Å². The summed E-state index contributed by atoms with van der Waals surface area (Å²) < 4.78 is 5.20. The molecular formula is C19H23N3O3. The molecule has 0 radical (unpaired) electrons. The van der Waals surface area contributed by atoms with E-state index < -0.39 is 5.54 Å². The Morgan fingerprint density at radius 3 is 2.32 bits per heavy atom. The van der Waals surface area contributed by atoms with Crippen LogP contribution in [0, 0.1) is 0 Å². The number of likely N-dealkylation sites (N-methyl/N-ethyl adjacent to an activating group) is 1. The Morgan fingerprint density at radius 2 is 1.76 bits per heavy atom. The Hall–Kier alpha value is -2.76. The summed E-state index contributed by atoms with van der Waals surface area (Å²) in [5.41, 5.74) is 0.202. The predicted octanol–water partition coefficient (Wildman–Crippen LogP) is 2.45. The monoisotopic (exact) mass is 341 g/mol. The van der Waals surface area contributed by atoms with Gasteiger partial charge < -0.3 is 19.5 Å². The van der Waals surface area contributed by atoms with Crippen molar-refractivity contribution in [2.24, 2.45) is 0 Å². The summed E-state index contributed by atoms with van der Waals surface area (Å²) in [4.78, 5) is 28.7. The van der Waals surface area contributed by atoms with Crippen LogP contribution in [0.3, 0.4) is 0 Å². The molecule has 1 aromatic heterocycles. The number of carbonyl (C=O) groups excluding carboxylic acids is 2. The number of hydrogen-bond acceptors (Lipinski definition) is 4. The highest BCUT2D eigenvalue weighted by Gasteiger charge is 2.43. The SMILES string of the molecule is CN(C)C(=O)C1(Nc2ccccc2)CCN(C(=O)c2ccco2)CC1. The van der Waals surface area contributed by atoms with Crippen LogP contribution < -0.4 is 5.32 Å². The largest absolute Gasteiger partial charge is 0.459 e. The van der Waals surface area contributed by atoms with Gasteiger partial charge in [-0.1, -0.05) is 18.2 Å². The maximum absolute atomic E-state index is 12.9. The Bertz CT molecular complexity index is 718.